The molecule has 0 aromatic heterocycles. The van der Waals surface area contributed by atoms with E-state index in [4.69, 9.17) is 11.5 Å². The van der Waals surface area contributed by atoms with E-state index in [0.717, 1.165) is 11.1 Å². The summed E-state index contributed by atoms with van der Waals surface area (Å²) in [5, 5.41) is 12.3. The predicted molar refractivity (Wildman–Crippen MR) is 119 cm³/mol. The van der Waals surface area contributed by atoms with Gasteiger partial charge in [-0.2, -0.15) is 0 Å². The number of hydrogen-bond donors (Lipinski definition) is 4. The Morgan fingerprint density at radius 3 is 2.45 bits per heavy atom. The predicted octanol–water partition coefficient (Wildman–Crippen LogP) is 1.24. The number of carbonyl (C=O) groups excluding carboxylic acids is 1. The number of nitrogens with one attached hydrogen (secondary N) is 1. The SMILES string of the molecule is NC(N)=NCCCC(NC(=O)C1Cc2ccccc2CN1Cc1ccccc1)C(=O)O. The second kappa shape index (κ2) is 10.6. The molecule has 2 aromatic rings. The van der Waals surface area contributed by atoms with Crippen molar-refractivity contribution in [3.05, 3.63) is 71.3 Å². The van der Waals surface area contributed by atoms with E-state index < -0.39 is 18.1 Å². The maximum atomic E-state index is 13.2. The van der Waals surface area contributed by atoms with Crippen molar-refractivity contribution in [3.8, 4) is 0 Å². The molecule has 8 heteroatoms. The number of hydrogen-bond acceptors (Lipinski definition) is 4. The normalized spacial score (nSPS) is 16.7. The lowest BCUT2D eigenvalue weighted by Gasteiger charge is -2.36. The maximum Gasteiger partial charge on any atom is 0.326 e. The fourth-order valence-electron chi connectivity index (χ4n) is 3.85. The van der Waals surface area contributed by atoms with Crippen LogP contribution in [-0.4, -0.2) is 46.5 Å². The van der Waals surface area contributed by atoms with Gasteiger partial charge in [0.25, 0.3) is 0 Å². The number of benzene rings is 2. The Labute approximate surface area is 181 Å². The molecule has 1 aliphatic rings. The molecule has 0 saturated heterocycles. The number of aliphatic imine (C=N–C) groups is 1. The van der Waals surface area contributed by atoms with Crippen LogP contribution in [-0.2, 0) is 29.1 Å². The lowest BCUT2D eigenvalue weighted by atomic mass is 9.92. The highest BCUT2D eigenvalue weighted by Gasteiger charge is 2.33. The largest absolute Gasteiger partial charge is 0.480 e. The average Bonchev–Trinajstić information content (AvgIpc) is 2.75. The summed E-state index contributed by atoms with van der Waals surface area (Å²) in [5.74, 6) is -1.38. The molecule has 2 atom stereocenters. The Hall–Kier alpha value is -3.39. The van der Waals surface area contributed by atoms with Crippen molar-refractivity contribution in [1.82, 2.24) is 10.2 Å². The van der Waals surface area contributed by atoms with E-state index in [9.17, 15) is 14.7 Å². The zero-order valence-electron chi connectivity index (χ0n) is 17.4. The van der Waals surface area contributed by atoms with Gasteiger partial charge in [0.2, 0.25) is 5.91 Å². The van der Waals surface area contributed by atoms with Gasteiger partial charge in [0.15, 0.2) is 5.96 Å². The molecule has 0 spiro atoms. The topological polar surface area (TPSA) is 134 Å². The zero-order valence-corrected chi connectivity index (χ0v) is 17.4. The summed E-state index contributed by atoms with van der Waals surface area (Å²) in [6.45, 7) is 1.56. The molecule has 6 N–H and O–H groups in total. The molecular formula is C23H29N5O3. The molecule has 31 heavy (non-hydrogen) atoms. The summed E-state index contributed by atoms with van der Waals surface area (Å²) in [4.78, 5) is 30.9. The van der Waals surface area contributed by atoms with Gasteiger partial charge in [-0.25, -0.2) is 4.79 Å². The molecule has 8 nitrogen and oxygen atoms in total. The van der Waals surface area contributed by atoms with E-state index in [2.05, 4.69) is 21.3 Å². The molecule has 164 valence electrons. The molecule has 2 aromatic carbocycles. The van der Waals surface area contributed by atoms with Crippen molar-refractivity contribution in [2.24, 2.45) is 16.5 Å². The molecular weight excluding hydrogens is 394 g/mol. The van der Waals surface area contributed by atoms with Crippen LogP contribution < -0.4 is 16.8 Å². The van der Waals surface area contributed by atoms with Gasteiger partial charge in [0.05, 0.1) is 6.04 Å². The average molecular weight is 424 g/mol. The van der Waals surface area contributed by atoms with E-state index >= 15 is 0 Å². The van der Waals surface area contributed by atoms with Gasteiger partial charge in [0.1, 0.15) is 6.04 Å². The highest BCUT2D eigenvalue weighted by Crippen LogP contribution is 2.25. The number of fused-ring (bicyclic) bond motifs is 1. The van der Waals surface area contributed by atoms with Crippen LogP contribution >= 0.6 is 0 Å². The number of rotatable bonds is 9. The Kier molecular flexibility index (Phi) is 7.61. The molecule has 0 radical (unpaired) electrons. The molecule has 2 unspecified atom stereocenters. The van der Waals surface area contributed by atoms with Gasteiger partial charge in [-0.3, -0.25) is 14.7 Å². The first-order valence-corrected chi connectivity index (χ1v) is 10.4. The Morgan fingerprint density at radius 1 is 1.10 bits per heavy atom. The van der Waals surface area contributed by atoms with Crippen LogP contribution in [0.3, 0.4) is 0 Å². The Morgan fingerprint density at radius 2 is 1.77 bits per heavy atom. The van der Waals surface area contributed by atoms with Crippen LogP contribution in [0.5, 0.6) is 0 Å². The van der Waals surface area contributed by atoms with Crippen molar-refractivity contribution in [2.45, 2.75) is 44.4 Å². The smallest absolute Gasteiger partial charge is 0.326 e. The van der Waals surface area contributed by atoms with E-state index in [1.54, 1.807) is 0 Å². The molecule has 0 bridgehead atoms. The van der Waals surface area contributed by atoms with E-state index in [0.29, 0.717) is 32.5 Å². The van der Waals surface area contributed by atoms with Gasteiger partial charge in [0, 0.05) is 19.6 Å². The lowest BCUT2D eigenvalue weighted by molar-refractivity contribution is -0.143. The van der Waals surface area contributed by atoms with Crippen LogP contribution in [0.15, 0.2) is 59.6 Å². The molecule has 1 aliphatic heterocycles. The fourth-order valence-corrected chi connectivity index (χ4v) is 3.85. The number of nitrogens with two attached hydrogens (primary N) is 2. The van der Waals surface area contributed by atoms with E-state index in [1.807, 2.05) is 48.5 Å². The molecule has 1 heterocycles. The minimum Gasteiger partial charge on any atom is -0.480 e. The van der Waals surface area contributed by atoms with Crippen LogP contribution in [0.2, 0.25) is 0 Å². The lowest BCUT2D eigenvalue weighted by Crippen LogP contribution is -2.53. The molecule has 0 saturated carbocycles. The standard InChI is InChI=1S/C23H29N5O3/c24-23(25)26-12-6-11-19(22(30)31)27-21(29)20-13-17-9-4-5-10-18(17)15-28(20)14-16-7-2-1-3-8-16/h1-5,7-10,19-20H,6,11-15H2,(H,27,29)(H,30,31)(H4,24,25,26). The minimum atomic E-state index is -1.07. The monoisotopic (exact) mass is 423 g/mol. The summed E-state index contributed by atoms with van der Waals surface area (Å²) >= 11 is 0. The first kappa shape index (κ1) is 22.3. The highest BCUT2D eigenvalue weighted by atomic mass is 16.4. The Bertz CT molecular complexity index is 928. The zero-order chi connectivity index (χ0) is 22.2. The molecule has 3 rings (SSSR count). The number of guanidine groups is 1. The third-order valence-corrected chi connectivity index (χ3v) is 5.44. The quantitative estimate of drug-likeness (QED) is 0.272. The third kappa shape index (κ3) is 6.29. The number of nitrogens with zero attached hydrogens (tertiary/aromatic N) is 2. The first-order chi connectivity index (χ1) is 14.9. The van der Waals surface area contributed by atoms with Crippen molar-refractivity contribution >= 4 is 17.8 Å². The number of aliphatic carboxylic acids is 1. The van der Waals surface area contributed by atoms with Crippen molar-refractivity contribution in [3.63, 3.8) is 0 Å². The van der Waals surface area contributed by atoms with Crippen LogP contribution in [0.1, 0.15) is 29.5 Å². The van der Waals surface area contributed by atoms with Crippen LogP contribution in [0.4, 0.5) is 0 Å². The number of amides is 1. The molecule has 1 amide bonds. The van der Waals surface area contributed by atoms with Crippen molar-refractivity contribution < 1.29 is 14.7 Å². The van der Waals surface area contributed by atoms with Gasteiger partial charge < -0.3 is 21.9 Å². The van der Waals surface area contributed by atoms with Crippen molar-refractivity contribution in [1.29, 1.82) is 0 Å². The van der Waals surface area contributed by atoms with Gasteiger partial charge in [-0.05, 0) is 36.0 Å². The summed E-state index contributed by atoms with van der Waals surface area (Å²) in [7, 11) is 0. The van der Waals surface area contributed by atoms with E-state index in [-0.39, 0.29) is 18.3 Å². The first-order valence-electron chi connectivity index (χ1n) is 10.4. The summed E-state index contributed by atoms with van der Waals surface area (Å²) < 4.78 is 0. The van der Waals surface area contributed by atoms with Gasteiger partial charge in [-0.1, -0.05) is 54.6 Å². The minimum absolute atomic E-state index is 0.0339. The van der Waals surface area contributed by atoms with Crippen molar-refractivity contribution in [2.75, 3.05) is 6.54 Å². The van der Waals surface area contributed by atoms with Crippen LogP contribution in [0, 0.1) is 0 Å². The summed E-state index contributed by atoms with van der Waals surface area (Å²) in [6, 6.07) is 16.6. The maximum absolute atomic E-state index is 13.2. The molecule has 0 fully saturated rings. The summed E-state index contributed by atoms with van der Waals surface area (Å²) in [5.41, 5.74) is 14.0. The highest BCUT2D eigenvalue weighted by molar-refractivity contribution is 5.87. The fraction of sp³-hybridized carbons (Fsp3) is 0.348. The van der Waals surface area contributed by atoms with Crippen LogP contribution in [0.25, 0.3) is 0 Å². The second-order valence-electron chi connectivity index (χ2n) is 7.73. The number of carboxylic acid groups (broad SMARTS) is 1. The van der Waals surface area contributed by atoms with Gasteiger partial charge in [-0.15, -0.1) is 0 Å². The number of carbonyl (C=O) groups is 2. The number of carboxylic acids is 1. The second-order valence-corrected chi connectivity index (χ2v) is 7.73. The third-order valence-electron chi connectivity index (χ3n) is 5.44. The van der Waals surface area contributed by atoms with E-state index in [1.165, 1.54) is 5.56 Å². The Balaban J connectivity index is 1.73. The molecule has 0 aliphatic carbocycles. The summed E-state index contributed by atoms with van der Waals surface area (Å²) in [6.07, 6.45) is 1.24. The van der Waals surface area contributed by atoms with Gasteiger partial charge >= 0.3 is 5.97 Å².